The van der Waals surface area contributed by atoms with Crippen molar-refractivity contribution in [2.24, 2.45) is 4.99 Å². The Balaban J connectivity index is 1.79. The van der Waals surface area contributed by atoms with Crippen LogP contribution in [0.5, 0.6) is 0 Å². The molecule has 2 rings (SSSR count). The molecule has 0 aliphatic carbocycles. The number of benzene rings is 1. The Hall–Kier alpha value is -1.61. The van der Waals surface area contributed by atoms with Gasteiger partial charge in [0.05, 0.1) is 22.4 Å². The summed E-state index contributed by atoms with van der Waals surface area (Å²) in [7, 11) is -3.16. The first-order valence-corrected chi connectivity index (χ1v) is 12.1. The van der Waals surface area contributed by atoms with Crippen molar-refractivity contribution in [2.75, 3.05) is 25.4 Å². The summed E-state index contributed by atoms with van der Waals surface area (Å²) in [4.78, 5) is 5.12. The summed E-state index contributed by atoms with van der Waals surface area (Å²) in [5, 5.41) is 16.4. The van der Waals surface area contributed by atoms with E-state index in [4.69, 9.17) is 11.6 Å². The summed E-state index contributed by atoms with van der Waals surface area (Å²) in [6, 6.07) is 12.7. The molecule has 0 radical (unpaired) electrons. The summed E-state index contributed by atoms with van der Waals surface area (Å²) < 4.78 is 25.1. The van der Waals surface area contributed by atoms with Crippen LogP contribution >= 0.6 is 22.9 Å². The number of nitrogens with zero attached hydrogens (tertiary/aromatic N) is 1. The standard InChI is InChI=1S/C19H26ClN3O3S2/c1-2-21-19(23-13-16(24)17-9-10-18(20)27-17)22-11-6-12-28(25,26)14-15-7-4-3-5-8-15/h3-5,7-10,16,24H,2,6,11-14H2,1H3,(H2,21,22,23). The molecule has 0 spiro atoms. The second-order valence-corrected chi connectivity index (χ2v) is 10.2. The SMILES string of the molecule is CCNC(=NCC(O)c1ccc(Cl)s1)NCCCS(=O)(=O)Cc1ccccc1. The number of hydrogen-bond acceptors (Lipinski definition) is 5. The monoisotopic (exact) mass is 443 g/mol. The lowest BCUT2D eigenvalue weighted by Crippen LogP contribution is -2.38. The highest BCUT2D eigenvalue weighted by Crippen LogP contribution is 2.26. The molecule has 0 fully saturated rings. The van der Waals surface area contributed by atoms with Crippen molar-refractivity contribution in [3.05, 3.63) is 57.2 Å². The van der Waals surface area contributed by atoms with Gasteiger partial charge < -0.3 is 15.7 Å². The summed E-state index contributed by atoms with van der Waals surface area (Å²) >= 11 is 7.21. The summed E-state index contributed by atoms with van der Waals surface area (Å²) in [6.45, 7) is 3.27. The van der Waals surface area contributed by atoms with E-state index in [9.17, 15) is 13.5 Å². The molecule has 6 nitrogen and oxygen atoms in total. The Kier molecular flexibility index (Phi) is 9.24. The Morgan fingerprint density at radius 3 is 2.61 bits per heavy atom. The Labute approximate surface area is 175 Å². The van der Waals surface area contributed by atoms with E-state index in [2.05, 4.69) is 15.6 Å². The number of halogens is 1. The molecule has 9 heteroatoms. The van der Waals surface area contributed by atoms with Crippen LogP contribution in [-0.4, -0.2) is 44.9 Å². The molecule has 0 bridgehead atoms. The fourth-order valence-corrected chi connectivity index (χ4v) is 4.98. The van der Waals surface area contributed by atoms with E-state index in [1.807, 2.05) is 37.3 Å². The van der Waals surface area contributed by atoms with Crippen LogP contribution in [0, 0.1) is 0 Å². The molecule has 1 unspecified atom stereocenters. The van der Waals surface area contributed by atoms with Gasteiger partial charge in [-0.15, -0.1) is 11.3 Å². The van der Waals surface area contributed by atoms with Gasteiger partial charge in [-0.05, 0) is 31.0 Å². The first kappa shape index (κ1) is 22.7. The highest BCUT2D eigenvalue weighted by atomic mass is 35.5. The van der Waals surface area contributed by atoms with Crippen LogP contribution in [0.3, 0.4) is 0 Å². The van der Waals surface area contributed by atoms with E-state index in [1.165, 1.54) is 11.3 Å². The van der Waals surface area contributed by atoms with Crippen molar-refractivity contribution < 1.29 is 13.5 Å². The average molecular weight is 444 g/mol. The maximum Gasteiger partial charge on any atom is 0.191 e. The van der Waals surface area contributed by atoms with Crippen LogP contribution in [0.25, 0.3) is 0 Å². The third-order valence-corrected chi connectivity index (χ3v) is 6.86. The third-order valence-electron chi connectivity index (χ3n) is 3.84. The number of aliphatic hydroxyl groups excluding tert-OH is 1. The van der Waals surface area contributed by atoms with Crippen LogP contribution in [0.2, 0.25) is 4.34 Å². The Morgan fingerprint density at radius 1 is 1.21 bits per heavy atom. The number of rotatable bonds is 10. The van der Waals surface area contributed by atoms with Crippen molar-refractivity contribution in [1.82, 2.24) is 10.6 Å². The fraction of sp³-hybridized carbons (Fsp3) is 0.421. The molecule has 1 aromatic carbocycles. The van der Waals surface area contributed by atoms with Gasteiger partial charge in [0.15, 0.2) is 15.8 Å². The van der Waals surface area contributed by atoms with Crippen LogP contribution < -0.4 is 10.6 Å². The van der Waals surface area contributed by atoms with E-state index >= 15 is 0 Å². The molecule has 0 amide bonds. The Bertz CT molecular complexity index is 854. The number of aliphatic hydroxyl groups is 1. The van der Waals surface area contributed by atoms with Crippen LogP contribution in [0.4, 0.5) is 0 Å². The second-order valence-electron chi connectivity index (χ2n) is 6.24. The number of thiophene rings is 1. The number of hydrogen-bond donors (Lipinski definition) is 3. The molecule has 3 N–H and O–H groups in total. The van der Waals surface area contributed by atoms with E-state index in [1.54, 1.807) is 12.1 Å². The molecular formula is C19H26ClN3O3S2. The lowest BCUT2D eigenvalue weighted by molar-refractivity contribution is 0.191. The van der Waals surface area contributed by atoms with Gasteiger partial charge in [-0.1, -0.05) is 41.9 Å². The normalized spacial score (nSPS) is 13.3. The first-order chi connectivity index (χ1) is 13.4. The minimum absolute atomic E-state index is 0.0531. The van der Waals surface area contributed by atoms with Crippen LogP contribution in [0.1, 0.15) is 29.9 Å². The maximum absolute atomic E-state index is 12.2. The quantitative estimate of drug-likeness (QED) is 0.298. The van der Waals surface area contributed by atoms with Gasteiger partial charge in [-0.25, -0.2) is 8.42 Å². The molecule has 0 saturated heterocycles. The predicted molar refractivity (Wildman–Crippen MR) is 117 cm³/mol. The molecule has 0 aliphatic heterocycles. The largest absolute Gasteiger partial charge is 0.386 e. The number of nitrogens with one attached hydrogen (secondary N) is 2. The van der Waals surface area contributed by atoms with Gasteiger partial charge in [0.1, 0.15) is 6.10 Å². The van der Waals surface area contributed by atoms with Gasteiger partial charge in [-0.2, -0.15) is 0 Å². The van der Waals surface area contributed by atoms with Crippen LogP contribution in [-0.2, 0) is 15.6 Å². The van der Waals surface area contributed by atoms with Gasteiger partial charge in [-0.3, -0.25) is 4.99 Å². The Morgan fingerprint density at radius 2 is 1.96 bits per heavy atom. The molecule has 154 valence electrons. The second kappa shape index (κ2) is 11.4. The molecule has 0 aliphatic rings. The maximum atomic E-state index is 12.2. The highest BCUT2D eigenvalue weighted by molar-refractivity contribution is 7.90. The van der Waals surface area contributed by atoms with E-state index in [-0.39, 0.29) is 18.1 Å². The number of aliphatic imine (C=N–C) groups is 1. The smallest absolute Gasteiger partial charge is 0.191 e. The van der Waals surface area contributed by atoms with Crippen molar-refractivity contribution >= 4 is 38.7 Å². The molecule has 1 aromatic heterocycles. The predicted octanol–water partition coefficient (Wildman–Crippen LogP) is 3.00. The van der Waals surface area contributed by atoms with Crippen molar-refractivity contribution in [3.8, 4) is 0 Å². The number of guanidine groups is 1. The van der Waals surface area contributed by atoms with E-state index in [0.717, 1.165) is 10.4 Å². The molecular weight excluding hydrogens is 418 g/mol. The van der Waals surface area contributed by atoms with Crippen LogP contribution in [0.15, 0.2) is 47.5 Å². The van der Waals surface area contributed by atoms with Gasteiger partial charge in [0.25, 0.3) is 0 Å². The van der Waals surface area contributed by atoms with Gasteiger partial charge in [0.2, 0.25) is 0 Å². The average Bonchev–Trinajstić information content (AvgIpc) is 3.10. The lowest BCUT2D eigenvalue weighted by Gasteiger charge is -2.12. The van der Waals surface area contributed by atoms with Crippen molar-refractivity contribution in [3.63, 3.8) is 0 Å². The van der Waals surface area contributed by atoms with Crippen molar-refractivity contribution in [2.45, 2.75) is 25.2 Å². The van der Waals surface area contributed by atoms with Crippen molar-refractivity contribution in [1.29, 1.82) is 0 Å². The highest BCUT2D eigenvalue weighted by Gasteiger charge is 2.12. The minimum Gasteiger partial charge on any atom is -0.386 e. The first-order valence-electron chi connectivity index (χ1n) is 9.09. The fourth-order valence-electron chi connectivity index (χ4n) is 2.52. The molecule has 2 aromatic rings. The summed E-state index contributed by atoms with van der Waals surface area (Å²) in [5.74, 6) is 0.701. The van der Waals surface area contributed by atoms with E-state index < -0.39 is 15.9 Å². The zero-order valence-electron chi connectivity index (χ0n) is 15.8. The third kappa shape index (κ3) is 8.18. The zero-order valence-corrected chi connectivity index (χ0v) is 18.2. The summed E-state index contributed by atoms with van der Waals surface area (Å²) in [5.41, 5.74) is 0.799. The summed E-state index contributed by atoms with van der Waals surface area (Å²) in [6.07, 6.45) is -0.248. The van der Waals surface area contributed by atoms with Gasteiger partial charge in [0, 0.05) is 18.0 Å². The topological polar surface area (TPSA) is 90.8 Å². The number of sulfone groups is 1. The minimum atomic E-state index is -3.16. The molecule has 1 atom stereocenters. The molecule has 0 saturated carbocycles. The van der Waals surface area contributed by atoms with Gasteiger partial charge >= 0.3 is 0 Å². The lowest BCUT2D eigenvalue weighted by atomic mass is 10.2. The zero-order chi connectivity index (χ0) is 20.4. The molecule has 28 heavy (non-hydrogen) atoms. The van der Waals surface area contributed by atoms with E-state index in [0.29, 0.717) is 29.8 Å². The molecule has 1 heterocycles.